The van der Waals surface area contributed by atoms with E-state index in [2.05, 4.69) is 4.84 Å². The van der Waals surface area contributed by atoms with Crippen LogP contribution in [0, 0.1) is 0 Å². The van der Waals surface area contributed by atoms with Gasteiger partial charge in [0.05, 0.1) is 17.7 Å². The van der Waals surface area contributed by atoms with Gasteiger partial charge in [-0.2, -0.15) is 0 Å². The Kier molecular flexibility index (Phi) is 5.89. The number of nitrogens with two attached hydrogens (primary N) is 1. The van der Waals surface area contributed by atoms with E-state index in [0.29, 0.717) is 4.47 Å². The molecular formula is C12H15ClN2O6S. The fraction of sp³-hybridized carbons (Fsp3) is 0.333. The standard InChI is InChI=1S/C12H15ClN2O6S/c1-7(11(14)16)21-12(17)8-4-5-9(13)10(6-8)22(18,19)15(2)20-3/h4-7H,1-3H3,(H2,14,16)/t7-/m1/s1. The van der Waals surface area contributed by atoms with Crippen molar-refractivity contribution in [3.8, 4) is 0 Å². The third kappa shape index (κ3) is 3.95. The smallest absolute Gasteiger partial charge is 0.338 e. The number of hydrogen-bond acceptors (Lipinski definition) is 6. The largest absolute Gasteiger partial charge is 0.449 e. The van der Waals surface area contributed by atoms with E-state index in [1.807, 2.05) is 0 Å². The van der Waals surface area contributed by atoms with Crippen LogP contribution < -0.4 is 5.73 Å². The van der Waals surface area contributed by atoms with Crippen LogP contribution in [0.5, 0.6) is 0 Å². The fourth-order valence-corrected chi connectivity index (χ4v) is 2.82. The van der Waals surface area contributed by atoms with Crippen molar-refractivity contribution in [2.24, 2.45) is 5.73 Å². The molecule has 0 aromatic heterocycles. The van der Waals surface area contributed by atoms with Crippen molar-refractivity contribution in [1.82, 2.24) is 4.47 Å². The molecule has 0 aliphatic rings. The van der Waals surface area contributed by atoms with Crippen LogP contribution in [0.1, 0.15) is 17.3 Å². The molecule has 1 amide bonds. The predicted molar refractivity (Wildman–Crippen MR) is 77.5 cm³/mol. The molecule has 0 spiro atoms. The molecule has 1 rings (SSSR count). The van der Waals surface area contributed by atoms with Gasteiger partial charge in [-0.25, -0.2) is 13.2 Å². The number of esters is 1. The molecule has 2 N–H and O–H groups in total. The lowest BCUT2D eigenvalue weighted by atomic mass is 10.2. The average Bonchev–Trinajstić information content (AvgIpc) is 2.46. The van der Waals surface area contributed by atoms with Gasteiger partial charge in [-0.05, 0) is 25.1 Å². The summed E-state index contributed by atoms with van der Waals surface area (Å²) < 4.78 is 29.7. The Balaban J connectivity index is 3.20. The van der Waals surface area contributed by atoms with Gasteiger partial charge in [0.1, 0.15) is 4.90 Å². The predicted octanol–water partition coefficient (Wildman–Crippen LogP) is 0.553. The van der Waals surface area contributed by atoms with Crippen LogP contribution in [0.15, 0.2) is 23.1 Å². The first-order valence-corrected chi connectivity index (χ1v) is 7.76. The maximum absolute atomic E-state index is 12.2. The molecule has 0 bridgehead atoms. The van der Waals surface area contributed by atoms with Crippen molar-refractivity contribution < 1.29 is 27.6 Å². The van der Waals surface area contributed by atoms with Gasteiger partial charge in [0.15, 0.2) is 6.10 Å². The number of primary amides is 1. The van der Waals surface area contributed by atoms with E-state index < -0.39 is 28.0 Å². The third-order valence-corrected chi connectivity index (χ3v) is 4.89. The number of hydroxylamine groups is 1. The van der Waals surface area contributed by atoms with Crippen molar-refractivity contribution in [2.45, 2.75) is 17.9 Å². The minimum atomic E-state index is -4.04. The van der Waals surface area contributed by atoms with Crippen LogP contribution in [0.25, 0.3) is 0 Å². The molecule has 22 heavy (non-hydrogen) atoms. The van der Waals surface area contributed by atoms with Crippen molar-refractivity contribution >= 4 is 33.5 Å². The van der Waals surface area contributed by atoms with E-state index in [0.717, 1.165) is 13.2 Å². The summed E-state index contributed by atoms with van der Waals surface area (Å²) in [5.74, 6) is -1.73. The molecule has 0 saturated carbocycles. The van der Waals surface area contributed by atoms with E-state index in [4.69, 9.17) is 22.1 Å². The second-order valence-corrected chi connectivity index (χ2v) is 6.50. The maximum atomic E-state index is 12.2. The maximum Gasteiger partial charge on any atom is 0.338 e. The lowest BCUT2D eigenvalue weighted by Gasteiger charge is -2.16. The quantitative estimate of drug-likeness (QED) is 0.591. The number of amides is 1. The Labute approximate surface area is 132 Å². The van der Waals surface area contributed by atoms with Crippen LogP contribution >= 0.6 is 11.6 Å². The summed E-state index contributed by atoms with van der Waals surface area (Å²) in [6.45, 7) is 1.30. The van der Waals surface area contributed by atoms with Crippen molar-refractivity contribution in [3.05, 3.63) is 28.8 Å². The van der Waals surface area contributed by atoms with Gasteiger partial charge in [0.2, 0.25) is 0 Å². The SMILES string of the molecule is CON(C)S(=O)(=O)c1cc(C(=O)O[C@H](C)C(N)=O)ccc1Cl. The van der Waals surface area contributed by atoms with Gasteiger partial charge in [-0.3, -0.25) is 9.63 Å². The van der Waals surface area contributed by atoms with Gasteiger partial charge in [0.25, 0.3) is 15.9 Å². The molecule has 10 heteroatoms. The number of carbonyl (C=O) groups is 2. The monoisotopic (exact) mass is 350 g/mol. The molecule has 0 fully saturated rings. The summed E-state index contributed by atoms with van der Waals surface area (Å²) in [6.07, 6.45) is -1.15. The normalized spacial score (nSPS) is 13.0. The van der Waals surface area contributed by atoms with E-state index in [-0.39, 0.29) is 15.5 Å². The zero-order valence-electron chi connectivity index (χ0n) is 12.1. The molecule has 0 aliphatic heterocycles. The van der Waals surface area contributed by atoms with Gasteiger partial charge in [-0.1, -0.05) is 16.1 Å². The number of nitrogens with zero attached hydrogens (tertiary/aromatic N) is 1. The summed E-state index contributed by atoms with van der Waals surface area (Å²) >= 11 is 5.86. The first kappa shape index (κ1) is 18.4. The fourth-order valence-electron chi connectivity index (χ4n) is 1.35. The minimum absolute atomic E-state index is 0.0941. The molecule has 0 aliphatic carbocycles. The first-order chi connectivity index (χ1) is 10.1. The van der Waals surface area contributed by atoms with Crippen LogP contribution in [0.2, 0.25) is 5.02 Å². The van der Waals surface area contributed by atoms with E-state index in [1.54, 1.807) is 0 Å². The van der Waals surface area contributed by atoms with Crippen molar-refractivity contribution in [1.29, 1.82) is 0 Å². The molecule has 1 aromatic rings. The van der Waals surface area contributed by atoms with Gasteiger partial charge in [-0.15, -0.1) is 0 Å². The van der Waals surface area contributed by atoms with Gasteiger partial charge >= 0.3 is 5.97 Å². The van der Waals surface area contributed by atoms with Crippen molar-refractivity contribution in [3.63, 3.8) is 0 Å². The number of carbonyl (C=O) groups excluding carboxylic acids is 2. The molecule has 1 aromatic carbocycles. The highest BCUT2D eigenvalue weighted by Gasteiger charge is 2.26. The lowest BCUT2D eigenvalue weighted by Crippen LogP contribution is -2.30. The highest BCUT2D eigenvalue weighted by atomic mass is 35.5. The second-order valence-electron chi connectivity index (χ2n) is 4.19. The van der Waals surface area contributed by atoms with Crippen LogP contribution in [-0.2, 0) is 24.4 Å². The average molecular weight is 351 g/mol. The van der Waals surface area contributed by atoms with Gasteiger partial charge < -0.3 is 10.5 Å². The summed E-state index contributed by atoms with van der Waals surface area (Å²) in [7, 11) is -1.70. The third-order valence-electron chi connectivity index (χ3n) is 2.72. The molecular weight excluding hydrogens is 336 g/mol. The number of rotatable bonds is 6. The second kappa shape index (κ2) is 7.05. The summed E-state index contributed by atoms with van der Waals surface area (Å²) in [5.41, 5.74) is 4.89. The highest BCUT2D eigenvalue weighted by Crippen LogP contribution is 2.25. The zero-order valence-corrected chi connectivity index (χ0v) is 13.6. The number of ether oxygens (including phenoxy) is 1. The molecule has 0 saturated heterocycles. The van der Waals surface area contributed by atoms with Crippen LogP contribution in [0.4, 0.5) is 0 Å². The van der Waals surface area contributed by atoms with E-state index in [1.165, 1.54) is 26.1 Å². The number of sulfonamides is 1. The summed E-state index contributed by atoms with van der Waals surface area (Å²) in [4.78, 5) is 27.1. The van der Waals surface area contributed by atoms with Gasteiger partial charge in [0, 0.05) is 7.05 Å². The topological polar surface area (TPSA) is 116 Å². The van der Waals surface area contributed by atoms with Crippen molar-refractivity contribution in [2.75, 3.05) is 14.2 Å². The summed E-state index contributed by atoms with van der Waals surface area (Å²) in [6, 6.07) is 3.52. The lowest BCUT2D eigenvalue weighted by molar-refractivity contribution is -0.125. The van der Waals surface area contributed by atoms with E-state index >= 15 is 0 Å². The number of hydrogen-bond donors (Lipinski definition) is 1. The van der Waals surface area contributed by atoms with Crippen LogP contribution in [0.3, 0.4) is 0 Å². The van der Waals surface area contributed by atoms with E-state index in [9.17, 15) is 18.0 Å². The molecule has 122 valence electrons. The first-order valence-electron chi connectivity index (χ1n) is 5.94. The Bertz CT molecular complexity index is 691. The number of halogens is 1. The summed E-state index contributed by atoms with van der Waals surface area (Å²) in [5, 5.41) is -0.0941. The number of benzene rings is 1. The molecule has 0 heterocycles. The zero-order chi connectivity index (χ0) is 17.1. The Morgan fingerprint density at radius 2 is 1.95 bits per heavy atom. The molecule has 1 atom stereocenters. The Hall–Kier alpha value is -1.68. The highest BCUT2D eigenvalue weighted by molar-refractivity contribution is 7.89. The van der Waals surface area contributed by atoms with Crippen LogP contribution in [-0.4, -0.2) is 45.0 Å². The molecule has 0 unspecified atom stereocenters. The Morgan fingerprint density at radius 3 is 2.45 bits per heavy atom. The Morgan fingerprint density at radius 1 is 1.36 bits per heavy atom. The molecule has 8 nitrogen and oxygen atoms in total. The minimum Gasteiger partial charge on any atom is -0.449 e. The molecule has 0 radical (unpaired) electrons.